The number of halogens is 1. The monoisotopic (exact) mass is 321 g/mol. The van der Waals surface area contributed by atoms with E-state index >= 15 is 0 Å². The molecule has 4 nitrogen and oxygen atoms in total. The molecule has 0 bridgehead atoms. The van der Waals surface area contributed by atoms with E-state index in [9.17, 15) is 9.18 Å². The van der Waals surface area contributed by atoms with E-state index in [1.54, 1.807) is 17.9 Å². The maximum atomic E-state index is 14.2. The normalized spacial score (nSPS) is 30.0. The first-order valence-corrected chi connectivity index (χ1v) is 8.10. The van der Waals surface area contributed by atoms with Gasteiger partial charge in [-0.15, -0.1) is 0 Å². The Bertz CT molecular complexity index is 619. The highest BCUT2D eigenvalue weighted by molar-refractivity contribution is 5.86. The van der Waals surface area contributed by atoms with Gasteiger partial charge in [-0.3, -0.25) is 4.79 Å². The Morgan fingerprint density at radius 1 is 1.26 bits per heavy atom. The second-order valence-corrected chi connectivity index (χ2v) is 7.31. The molecule has 0 aromatic heterocycles. The highest BCUT2D eigenvalue weighted by Gasteiger charge is 2.46. The number of carbonyl (C=O) groups excluding carboxylic acids is 1. The van der Waals surface area contributed by atoms with Crippen LogP contribution in [0.2, 0.25) is 0 Å². The van der Waals surface area contributed by atoms with Crippen molar-refractivity contribution in [3.8, 4) is 0 Å². The molecule has 2 atom stereocenters. The number of fused-ring (bicyclic) bond motifs is 1. The van der Waals surface area contributed by atoms with Crippen molar-refractivity contribution in [1.29, 1.82) is 0 Å². The number of benzene rings is 1. The molecule has 1 aromatic carbocycles. The van der Waals surface area contributed by atoms with Crippen molar-refractivity contribution < 1.29 is 18.7 Å². The van der Waals surface area contributed by atoms with Gasteiger partial charge < -0.3 is 14.4 Å². The number of nitrogens with zero attached hydrogens (tertiary/aromatic N) is 1. The zero-order valence-electron chi connectivity index (χ0n) is 14.2. The third kappa shape index (κ3) is 2.88. The molecule has 0 radical (unpaired) electrons. The van der Waals surface area contributed by atoms with Crippen molar-refractivity contribution in [3.05, 3.63) is 35.1 Å². The molecule has 126 valence electrons. The maximum Gasteiger partial charge on any atom is 0.257 e. The lowest BCUT2D eigenvalue weighted by Crippen LogP contribution is -2.59. The van der Waals surface area contributed by atoms with E-state index in [-0.39, 0.29) is 30.0 Å². The van der Waals surface area contributed by atoms with Gasteiger partial charge in [0, 0.05) is 12.1 Å². The summed E-state index contributed by atoms with van der Waals surface area (Å²) in [5.74, 6) is -0.381. The van der Waals surface area contributed by atoms with Crippen LogP contribution in [0.15, 0.2) is 18.2 Å². The molecule has 1 aromatic rings. The molecule has 23 heavy (non-hydrogen) atoms. The fourth-order valence-corrected chi connectivity index (χ4v) is 3.31. The van der Waals surface area contributed by atoms with Gasteiger partial charge in [-0.05, 0) is 45.7 Å². The Balaban J connectivity index is 1.83. The lowest BCUT2D eigenvalue weighted by Gasteiger charge is -2.45. The standard InChI is InChI=1S/C18H24FNO3/c1-12-15-13(6-5-7-14(15)19)8-9-20(12)16(21)18(4)11-22-17(2,3)10-23-18/h5-7,12H,8-11H2,1-4H3. The lowest BCUT2D eigenvalue weighted by atomic mass is 9.91. The third-order valence-electron chi connectivity index (χ3n) is 4.84. The van der Waals surface area contributed by atoms with Crippen LogP contribution in [0.3, 0.4) is 0 Å². The van der Waals surface area contributed by atoms with Gasteiger partial charge in [0.2, 0.25) is 0 Å². The third-order valence-corrected chi connectivity index (χ3v) is 4.84. The van der Waals surface area contributed by atoms with E-state index in [1.807, 2.05) is 26.8 Å². The van der Waals surface area contributed by atoms with E-state index in [1.165, 1.54) is 6.07 Å². The summed E-state index contributed by atoms with van der Waals surface area (Å²) in [7, 11) is 0. The summed E-state index contributed by atoms with van der Waals surface area (Å²) in [6, 6.07) is 4.80. The molecule has 0 N–H and O–H groups in total. The lowest BCUT2D eigenvalue weighted by molar-refractivity contribution is -0.223. The molecule has 0 spiro atoms. The molecule has 1 saturated heterocycles. The van der Waals surface area contributed by atoms with Gasteiger partial charge in [0.1, 0.15) is 5.82 Å². The predicted molar refractivity (Wildman–Crippen MR) is 84.6 cm³/mol. The molecule has 0 saturated carbocycles. The minimum atomic E-state index is -1.01. The highest BCUT2D eigenvalue weighted by atomic mass is 19.1. The Hall–Kier alpha value is -1.46. The Kier molecular flexibility index (Phi) is 3.97. The van der Waals surface area contributed by atoms with Crippen molar-refractivity contribution in [2.24, 2.45) is 0 Å². The van der Waals surface area contributed by atoms with E-state index in [0.717, 1.165) is 5.56 Å². The van der Waals surface area contributed by atoms with Crippen LogP contribution in [-0.2, 0) is 20.7 Å². The SMILES string of the molecule is CC1c2c(F)cccc2CCN1C(=O)C1(C)COC(C)(C)CO1. The van der Waals surface area contributed by atoms with Crippen molar-refractivity contribution >= 4 is 5.91 Å². The molecule has 1 fully saturated rings. The van der Waals surface area contributed by atoms with Gasteiger partial charge in [-0.25, -0.2) is 4.39 Å². The summed E-state index contributed by atoms with van der Waals surface area (Å²) in [6.07, 6.45) is 0.658. The Morgan fingerprint density at radius 2 is 2.00 bits per heavy atom. The molecule has 1 amide bonds. The van der Waals surface area contributed by atoms with Gasteiger partial charge in [-0.2, -0.15) is 0 Å². The smallest absolute Gasteiger partial charge is 0.257 e. The largest absolute Gasteiger partial charge is 0.370 e. The molecule has 0 aliphatic carbocycles. The fourth-order valence-electron chi connectivity index (χ4n) is 3.31. The summed E-state index contributed by atoms with van der Waals surface area (Å²) < 4.78 is 25.8. The Labute approximate surface area is 136 Å². The molecular formula is C18H24FNO3. The Morgan fingerprint density at radius 3 is 2.65 bits per heavy atom. The van der Waals surface area contributed by atoms with Crippen LogP contribution in [0, 0.1) is 5.82 Å². The first kappa shape index (κ1) is 16.4. The topological polar surface area (TPSA) is 38.8 Å². The summed E-state index contributed by atoms with van der Waals surface area (Å²) in [5, 5.41) is 0. The average molecular weight is 321 g/mol. The maximum absolute atomic E-state index is 14.2. The predicted octanol–water partition coefficient (Wildman–Crippen LogP) is 2.86. The van der Waals surface area contributed by atoms with E-state index < -0.39 is 5.60 Å². The summed E-state index contributed by atoms with van der Waals surface area (Å²) in [6.45, 7) is 8.65. The minimum absolute atomic E-state index is 0.130. The molecule has 5 heteroatoms. The van der Waals surface area contributed by atoms with E-state index in [2.05, 4.69) is 0 Å². The summed E-state index contributed by atoms with van der Waals surface area (Å²) >= 11 is 0. The van der Waals surface area contributed by atoms with Gasteiger partial charge in [0.05, 0.1) is 24.9 Å². The van der Waals surface area contributed by atoms with Crippen LogP contribution in [0.25, 0.3) is 0 Å². The fraction of sp³-hybridized carbons (Fsp3) is 0.611. The molecule has 2 heterocycles. The van der Waals surface area contributed by atoms with Crippen LogP contribution >= 0.6 is 0 Å². The second kappa shape index (κ2) is 5.56. The second-order valence-electron chi connectivity index (χ2n) is 7.31. The van der Waals surface area contributed by atoms with E-state index in [0.29, 0.717) is 25.1 Å². The van der Waals surface area contributed by atoms with Crippen molar-refractivity contribution in [2.45, 2.75) is 51.4 Å². The highest BCUT2D eigenvalue weighted by Crippen LogP contribution is 2.35. The van der Waals surface area contributed by atoms with Crippen LogP contribution in [0.4, 0.5) is 4.39 Å². The van der Waals surface area contributed by atoms with Crippen LogP contribution < -0.4 is 0 Å². The quantitative estimate of drug-likeness (QED) is 0.798. The molecule has 2 aliphatic heterocycles. The average Bonchev–Trinajstić information content (AvgIpc) is 2.50. The van der Waals surface area contributed by atoms with Crippen LogP contribution in [0.5, 0.6) is 0 Å². The zero-order chi connectivity index (χ0) is 16.8. The number of ether oxygens (including phenoxy) is 2. The number of rotatable bonds is 1. The van der Waals surface area contributed by atoms with Gasteiger partial charge in [0.25, 0.3) is 5.91 Å². The van der Waals surface area contributed by atoms with Crippen molar-refractivity contribution in [1.82, 2.24) is 4.90 Å². The summed E-state index contributed by atoms with van der Waals surface area (Å²) in [4.78, 5) is 14.7. The number of hydrogen-bond donors (Lipinski definition) is 0. The number of carbonyl (C=O) groups is 1. The van der Waals surface area contributed by atoms with Gasteiger partial charge in [0.15, 0.2) is 5.60 Å². The molecular weight excluding hydrogens is 297 g/mol. The molecule has 2 unspecified atom stereocenters. The summed E-state index contributed by atoms with van der Waals surface area (Å²) in [5.41, 5.74) is 0.208. The van der Waals surface area contributed by atoms with Crippen molar-refractivity contribution in [3.63, 3.8) is 0 Å². The first-order chi connectivity index (χ1) is 10.7. The minimum Gasteiger partial charge on any atom is -0.370 e. The number of hydrogen-bond acceptors (Lipinski definition) is 3. The molecule has 2 aliphatic rings. The van der Waals surface area contributed by atoms with E-state index in [4.69, 9.17) is 9.47 Å². The number of amides is 1. The van der Waals surface area contributed by atoms with Gasteiger partial charge in [-0.1, -0.05) is 12.1 Å². The molecule has 3 rings (SSSR count). The van der Waals surface area contributed by atoms with Crippen LogP contribution in [-0.4, -0.2) is 41.8 Å². The zero-order valence-corrected chi connectivity index (χ0v) is 14.2. The van der Waals surface area contributed by atoms with Gasteiger partial charge >= 0.3 is 0 Å². The van der Waals surface area contributed by atoms with Crippen LogP contribution in [0.1, 0.15) is 44.9 Å². The first-order valence-electron chi connectivity index (χ1n) is 8.10. The van der Waals surface area contributed by atoms with Crippen molar-refractivity contribution in [2.75, 3.05) is 19.8 Å².